The van der Waals surface area contributed by atoms with Gasteiger partial charge in [-0.1, -0.05) is 188 Å². The number of hydrogen-bond acceptors (Lipinski definition) is 3. The van der Waals surface area contributed by atoms with Crippen LogP contribution in [0.1, 0.15) is 131 Å². The number of benzene rings is 4. The van der Waals surface area contributed by atoms with Crippen molar-refractivity contribution in [1.29, 1.82) is 5.26 Å². The minimum Gasteiger partial charge on any atom is -0.371 e. The normalized spacial score (nSPS) is 12.1. The summed E-state index contributed by atoms with van der Waals surface area (Å²) in [6, 6.07) is 37.6. The maximum absolute atomic E-state index is 14.3. The van der Waals surface area contributed by atoms with Gasteiger partial charge in [-0.2, -0.15) is 5.26 Å². The highest BCUT2D eigenvalue weighted by Crippen LogP contribution is 2.40. The van der Waals surface area contributed by atoms with E-state index in [0.29, 0.717) is 17.7 Å². The maximum Gasteiger partial charge on any atom is 0.143 e. The summed E-state index contributed by atoms with van der Waals surface area (Å²) >= 11 is 0. The molecule has 4 aromatic rings. The standard InChI is InChI=1S/C45H56FNO2/c1-2-3-4-5-6-7-8-9-10-11-12-13-14-24-31-44(48-36-39-32-38(35-47)33-43(46)34-39)37-49-45(40-25-18-15-19-26-40,41-27-20-16-21-28-41)42-29-22-17-23-30-42/h15-23,25-30,32-34,44H,2-14,24,31,36-37H2,1H3/t44-/m1/s1. The predicted octanol–water partition coefficient (Wildman–Crippen LogP) is 12.5. The van der Waals surface area contributed by atoms with Crippen LogP contribution in [0, 0.1) is 17.1 Å². The Morgan fingerprint density at radius 2 is 1.06 bits per heavy atom. The van der Waals surface area contributed by atoms with E-state index < -0.39 is 11.4 Å². The van der Waals surface area contributed by atoms with Crippen molar-refractivity contribution in [3.8, 4) is 6.07 Å². The third-order valence-corrected chi connectivity index (χ3v) is 9.48. The van der Waals surface area contributed by atoms with E-state index in [9.17, 15) is 9.65 Å². The molecule has 4 heteroatoms. The lowest BCUT2D eigenvalue weighted by Crippen LogP contribution is -2.36. The highest BCUT2D eigenvalue weighted by atomic mass is 19.1. The Bertz CT molecular complexity index is 1390. The molecule has 0 spiro atoms. The van der Waals surface area contributed by atoms with E-state index in [1.165, 1.54) is 89.2 Å². The average molecular weight is 662 g/mol. The molecule has 0 unspecified atom stereocenters. The zero-order valence-electron chi connectivity index (χ0n) is 29.6. The zero-order valence-corrected chi connectivity index (χ0v) is 29.6. The molecule has 3 nitrogen and oxygen atoms in total. The summed E-state index contributed by atoms with van der Waals surface area (Å²) in [5.41, 5.74) is 3.26. The molecule has 0 aliphatic heterocycles. The number of rotatable bonds is 24. The fourth-order valence-electron chi connectivity index (χ4n) is 6.78. The minimum atomic E-state index is -0.840. The van der Waals surface area contributed by atoms with E-state index in [-0.39, 0.29) is 12.7 Å². The van der Waals surface area contributed by atoms with Crippen LogP contribution in [-0.4, -0.2) is 12.7 Å². The lowest BCUT2D eigenvalue weighted by atomic mass is 9.80. The van der Waals surface area contributed by atoms with Crippen LogP contribution in [0.25, 0.3) is 0 Å². The van der Waals surface area contributed by atoms with Crippen LogP contribution in [0.5, 0.6) is 0 Å². The van der Waals surface area contributed by atoms with Crippen molar-refractivity contribution in [1.82, 2.24) is 0 Å². The number of unbranched alkanes of at least 4 members (excludes halogenated alkanes) is 13. The third kappa shape index (κ3) is 12.6. The molecule has 260 valence electrons. The van der Waals surface area contributed by atoms with E-state index in [1.807, 2.05) is 18.2 Å². The molecule has 0 amide bonds. The fourth-order valence-corrected chi connectivity index (χ4v) is 6.78. The summed E-state index contributed by atoms with van der Waals surface area (Å²) in [5, 5.41) is 9.38. The maximum atomic E-state index is 14.3. The summed E-state index contributed by atoms with van der Waals surface area (Å²) in [6.07, 6.45) is 19.0. The summed E-state index contributed by atoms with van der Waals surface area (Å²) < 4.78 is 27.9. The van der Waals surface area contributed by atoms with Gasteiger partial charge in [0.15, 0.2) is 0 Å². The predicted molar refractivity (Wildman–Crippen MR) is 200 cm³/mol. The molecule has 0 N–H and O–H groups in total. The van der Waals surface area contributed by atoms with Crippen LogP contribution < -0.4 is 0 Å². The summed E-state index contributed by atoms with van der Waals surface area (Å²) in [6.45, 7) is 2.85. The minimum absolute atomic E-state index is 0.207. The topological polar surface area (TPSA) is 42.2 Å². The van der Waals surface area contributed by atoms with Crippen molar-refractivity contribution < 1.29 is 13.9 Å². The van der Waals surface area contributed by atoms with E-state index in [0.717, 1.165) is 36.0 Å². The van der Waals surface area contributed by atoms with Crippen molar-refractivity contribution in [2.75, 3.05) is 6.61 Å². The lowest BCUT2D eigenvalue weighted by Gasteiger charge is -2.37. The van der Waals surface area contributed by atoms with E-state index in [1.54, 1.807) is 6.07 Å². The molecular formula is C45H56FNO2. The molecule has 0 aliphatic carbocycles. The van der Waals surface area contributed by atoms with Crippen LogP contribution in [0.2, 0.25) is 0 Å². The van der Waals surface area contributed by atoms with Gasteiger partial charge in [-0.3, -0.25) is 0 Å². The van der Waals surface area contributed by atoms with Crippen LogP contribution in [0.3, 0.4) is 0 Å². The molecular weight excluding hydrogens is 605 g/mol. The van der Waals surface area contributed by atoms with Crippen LogP contribution in [0.15, 0.2) is 109 Å². The fraction of sp³-hybridized carbons (Fsp3) is 0.444. The largest absolute Gasteiger partial charge is 0.371 e. The summed E-state index contributed by atoms with van der Waals surface area (Å²) in [5.74, 6) is -0.423. The Kier molecular flexibility index (Phi) is 17.1. The molecule has 0 radical (unpaired) electrons. The molecule has 0 fully saturated rings. The molecule has 4 aromatic carbocycles. The quantitative estimate of drug-likeness (QED) is 0.0554. The number of nitriles is 1. The molecule has 0 aromatic heterocycles. The van der Waals surface area contributed by atoms with Gasteiger partial charge < -0.3 is 9.47 Å². The van der Waals surface area contributed by atoms with Crippen molar-refractivity contribution >= 4 is 0 Å². The molecule has 49 heavy (non-hydrogen) atoms. The number of ether oxygens (including phenoxy) is 2. The van der Waals surface area contributed by atoms with Gasteiger partial charge in [0, 0.05) is 0 Å². The second kappa shape index (κ2) is 22.0. The van der Waals surface area contributed by atoms with Gasteiger partial charge in [-0.15, -0.1) is 0 Å². The van der Waals surface area contributed by atoms with Gasteiger partial charge in [0.05, 0.1) is 31.0 Å². The first-order valence-corrected chi connectivity index (χ1v) is 18.8. The number of nitrogens with zero attached hydrogens (tertiary/aromatic N) is 1. The summed E-state index contributed by atoms with van der Waals surface area (Å²) in [4.78, 5) is 0. The molecule has 4 rings (SSSR count). The van der Waals surface area contributed by atoms with Crippen molar-refractivity contribution in [3.63, 3.8) is 0 Å². The molecule has 1 atom stereocenters. The molecule has 0 saturated carbocycles. The highest BCUT2D eigenvalue weighted by Gasteiger charge is 2.38. The summed E-state index contributed by atoms with van der Waals surface area (Å²) in [7, 11) is 0. The first kappa shape index (κ1) is 38.0. The van der Waals surface area contributed by atoms with E-state index in [4.69, 9.17) is 9.47 Å². The Balaban J connectivity index is 1.40. The Morgan fingerprint density at radius 1 is 0.612 bits per heavy atom. The van der Waals surface area contributed by atoms with Crippen molar-refractivity contribution in [3.05, 3.63) is 143 Å². The highest BCUT2D eigenvalue weighted by molar-refractivity contribution is 5.47. The molecule has 0 saturated heterocycles. The van der Waals surface area contributed by atoms with Gasteiger partial charge in [0.25, 0.3) is 0 Å². The monoisotopic (exact) mass is 661 g/mol. The van der Waals surface area contributed by atoms with Gasteiger partial charge in [-0.25, -0.2) is 4.39 Å². The number of halogens is 1. The lowest BCUT2D eigenvalue weighted by molar-refractivity contribution is -0.0731. The Morgan fingerprint density at radius 3 is 1.51 bits per heavy atom. The molecule has 0 bridgehead atoms. The van der Waals surface area contributed by atoms with Gasteiger partial charge in [-0.05, 0) is 46.9 Å². The van der Waals surface area contributed by atoms with Crippen LogP contribution in [0.4, 0.5) is 4.39 Å². The third-order valence-electron chi connectivity index (χ3n) is 9.48. The van der Waals surface area contributed by atoms with Gasteiger partial charge in [0.2, 0.25) is 0 Å². The molecule has 0 aliphatic rings. The number of hydrogen-bond donors (Lipinski definition) is 0. The van der Waals surface area contributed by atoms with Crippen molar-refractivity contribution in [2.24, 2.45) is 0 Å². The van der Waals surface area contributed by atoms with E-state index >= 15 is 0 Å². The average Bonchev–Trinajstić information content (AvgIpc) is 3.15. The van der Waals surface area contributed by atoms with Gasteiger partial charge in [0.1, 0.15) is 11.4 Å². The smallest absolute Gasteiger partial charge is 0.143 e. The van der Waals surface area contributed by atoms with Crippen LogP contribution in [-0.2, 0) is 21.7 Å². The van der Waals surface area contributed by atoms with Crippen LogP contribution >= 0.6 is 0 Å². The first-order valence-electron chi connectivity index (χ1n) is 18.8. The van der Waals surface area contributed by atoms with Crippen molar-refractivity contribution in [2.45, 2.75) is 122 Å². The van der Waals surface area contributed by atoms with E-state index in [2.05, 4.69) is 85.8 Å². The molecule has 0 heterocycles. The zero-order chi connectivity index (χ0) is 34.4. The first-order chi connectivity index (χ1) is 24.2. The second-order valence-electron chi connectivity index (χ2n) is 13.4. The van der Waals surface area contributed by atoms with Gasteiger partial charge >= 0.3 is 0 Å². The SMILES string of the molecule is CCCCCCCCCCCCCCCC[C@H](COC(c1ccccc1)(c1ccccc1)c1ccccc1)OCc1cc(F)cc(C#N)c1. The Labute approximate surface area is 295 Å². The second-order valence-corrected chi connectivity index (χ2v) is 13.4. The Hall–Kier alpha value is -3.78.